The van der Waals surface area contributed by atoms with Crippen LogP contribution in [0.4, 0.5) is 0 Å². The number of benzene rings is 1. The molecular weight excluding hydrogens is 270 g/mol. The maximum Gasteiger partial charge on any atom is 0.144 e. The molecule has 2 atom stereocenters. The first-order valence-corrected chi connectivity index (χ1v) is 7.72. The van der Waals surface area contributed by atoms with Gasteiger partial charge in [0, 0.05) is 22.8 Å². The SMILES string of the molecule is CC(C)(C)c1nc(C2C[C@@H](O)c3ccccc3O2)cs1. The van der Waals surface area contributed by atoms with Crippen LogP contribution in [0.2, 0.25) is 0 Å². The Kier molecular flexibility index (Phi) is 3.30. The molecule has 0 saturated heterocycles. The lowest BCUT2D eigenvalue weighted by Gasteiger charge is -2.28. The molecule has 1 N–H and O–H groups in total. The summed E-state index contributed by atoms with van der Waals surface area (Å²) in [5.74, 6) is 0.765. The van der Waals surface area contributed by atoms with E-state index < -0.39 is 6.10 Å². The predicted molar refractivity (Wildman–Crippen MR) is 80.2 cm³/mol. The van der Waals surface area contributed by atoms with Gasteiger partial charge < -0.3 is 9.84 Å². The van der Waals surface area contributed by atoms with Crippen molar-refractivity contribution in [3.63, 3.8) is 0 Å². The molecule has 2 aromatic rings. The van der Waals surface area contributed by atoms with E-state index in [-0.39, 0.29) is 11.5 Å². The second-order valence-corrected chi connectivity index (χ2v) is 7.08. The van der Waals surface area contributed by atoms with Crippen LogP contribution in [0.25, 0.3) is 0 Å². The number of rotatable bonds is 1. The molecule has 1 unspecified atom stereocenters. The van der Waals surface area contributed by atoms with E-state index in [9.17, 15) is 5.11 Å². The molecule has 0 aliphatic carbocycles. The summed E-state index contributed by atoms with van der Waals surface area (Å²) in [6.45, 7) is 6.46. The van der Waals surface area contributed by atoms with Crippen LogP contribution in [0.1, 0.15) is 55.7 Å². The van der Waals surface area contributed by atoms with Gasteiger partial charge in [-0.3, -0.25) is 0 Å². The Morgan fingerprint density at radius 2 is 2.05 bits per heavy atom. The van der Waals surface area contributed by atoms with Gasteiger partial charge in [0.15, 0.2) is 0 Å². The van der Waals surface area contributed by atoms with E-state index >= 15 is 0 Å². The van der Waals surface area contributed by atoms with E-state index in [1.165, 1.54) is 0 Å². The summed E-state index contributed by atoms with van der Waals surface area (Å²) >= 11 is 1.66. The van der Waals surface area contributed by atoms with Gasteiger partial charge in [0.25, 0.3) is 0 Å². The minimum Gasteiger partial charge on any atom is -0.484 e. The third-order valence-corrected chi connectivity index (χ3v) is 4.76. The largest absolute Gasteiger partial charge is 0.484 e. The minimum absolute atomic E-state index is 0.0497. The van der Waals surface area contributed by atoms with Crippen molar-refractivity contribution in [3.8, 4) is 5.75 Å². The van der Waals surface area contributed by atoms with E-state index in [4.69, 9.17) is 9.72 Å². The first kappa shape index (κ1) is 13.6. The average molecular weight is 289 g/mol. The molecule has 3 rings (SSSR count). The van der Waals surface area contributed by atoms with Crippen molar-refractivity contribution in [3.05, 3.63) is 45.9 Å². The highest BCUT2D eigenvalue weighted by molar-refractivity contribution is 7.09. The highest BCUT2D eigenvalue weighted by Crippen LogP contribution is 2.41. The van der Waals surface area contributed by atoms with Gasteiger partial charge in [-0.25, -0.2) is 4.98 Å². The second-order valence-electron chi connectivity index (χ2n) is 6.22. The van der Waals surface area contributed by atoms with Crippen LogP contribution < -0.4 is 4.74 Å². The summed E-state index contributed by atoms with van der Waals surface area (Å²) in [5.41, 5.74) is 1.84. The summed E-state index contributed by atoms with van der Waals surface area (Å²) in [6.07, 6.45) is -0.0818. The molecule has 1 aliphatic rings. The fourth-order valence-corrected chi connectivity index (χ4v) is 3.30. The zero-order valence-electron chi connectivity index (χ0n) is 12.0. The fourth-order valence-electron chi connectivity index (χ4n) is 2.35. The molecule has 1 aromatic heterocycles. The van der Waals surface area contributed by atoms with Crippen LogP contribution in [0.15, 0.2) is 29.6 Å². The number of hydrogen-bond acceptors (Lipinski definition) is 4. The summed E-state index contributed by atoms with van der Waals surface area (Å²) in [4.78, 5) is 4.69. The van der Waals surface area contributed by atoms with Crippen LogP contribution in [0.5, 0.6) is 5.75 Å². The molecule has 0 bridgehead atoms. The molecule has 1 aliphatic heterocycles. The number of ether oxygens (including phenoxy) is 1. The molecule has 0 radical (unpaired) electrons. The van der Waals surface area contributed by atoms with Crippen LogP contribution in [-0.2, 0) is 5.41 Å². The topological polar surface area (TPSA) is 42.4 Å². The third-order valence-electron chi connectivity index (χ3n) is 3.48. The summed E-state index contributed by atoms with van der Waals surface area (Å²) < 4.78 is 6.00. The van der Waals surface area contributed by atoms with Crippen molar-refractivity contribution in [2.45, 2.75) is 44.8 Å². The van der Waals surface area contributed by atoms with E-state index in [0.717, 1.165) is 22.0 Å². The number of hydrogen-bond donors (Lipinski definition) is 1. The maximum atomic E-state index is 10.3. The molecular formula is C16H19NO2S. The van der Waals surface area contributed by atoms with Crippen molar-refractivity contribution in [2.75, 3.05) is 0 Å². The first-order valence-electron chi connectivity index (χ1n) is 6.84. The quantitative estimate of drug-likeness (QED) is 0.863. The van der Waals surface area contributed by atoms with Gasteiger partial charge in [-0.05, 0) is 6.07 Å². The number of para-hydroxylation sites is 1. The number of aliphatic hydroxyl groups is 1. The van der Waals surface area contributed by atoms with Gasteiger partial charge in [-0.1, -0.05) is 39.0 Å². The van der Waals surface area contributed by atoms with Crippen molar-refractivity contribution in [2.24, 2.45) is 0 Å². The normalized spacial score (nSPS) is 22.2. The van der Waals surface area contributed by atoms with Gasteiger partial charge in [-0.15, -0.1) is 11.3 Å². The van der Waals surface area contributed by atoms with Gasteiger partial charge in [0.2, 0.25) is 0 Å². The van der Waals surface area contributed by atoms with Gasteiger partial charge in [0.05, 0.1) is 16.8 Å². The Labute approximate surface area is 123 Å². The van der Waals surface area contributed by atoms with Gasteiger partial charge >= 0.3 is 0 Å². The highest BCUT2D eigenvalue weighted by atomic mass is 32.1. The molecule has 1 aromatic carbocycles. The first-order chi connectivity index (χ1) is 9.45. The third kappa shape index (κ3) is 2.45. The van der Waals surface area contributed by atoms with Crippen LogP contribution in [0.3, 0.4) is 0 Å². The predicted octanol–water partition coefficient (Wildman–Crippen LogP) is 4.00. The molecule has 0 saturated carbocycles. The highest BCUT2D eigenvalue weighted by Gasteiger charge is 2.30. The van der Waals surface area contributed by atoms with Crippen LogP contribution in [-0.4, -0.2) is 10.1 Å². The molecule has 106 valence electrons. The molecule has 2 heterocycles. The zero-order chi connectivity index (χ0) is 14.3. The number of fused-ring (bicyclic) bond motifs is 1. The van der Waals surface area contributed by atoms with Crippen molar-refractivity contribution in [1.29, 1.82) is 0 Å². The van der Waals surface area contributed by atoms with Gasteiger partial charge in [-0.2, -0.15) is 0 Å². The van der Waals surface area contributed by atoms with E-state index in [2.05, 4.69) is 20.8 Å². The van der Waals surface area contributed by atoms with E-state index in [0.29, 0.717) is 6.42 Å². The average Bonchev–Trinajstić information content (AvgIpc) is 2.88. The van der Waals surface area contributed by atoms with Crippen molar-refractivity contribution >= 4 is 11.3 Å². The maximum absolute atomic E-state index is 10.3. The molecule has 0 amide bonds. The van der Waals surface area contributed by atoms with Crippen molar-refractivity contribution in [1.82, 2.24) is 4.98 Å². The lowest BCUT2D eigenvalue weighted by Crippen LogP contribution is -2.19. The number of thiazole rings is 1. The van der Waals surface area contributed by atoms with Gasteiger partial charge in [0.1, 0.15) is 11.9 Å². The Balaban J connectivity index is 1.88. The molecule has 20 heavy (non-hydrogen) atoms. The molecule has 0 fully saturated rings. The molecule has 0 spiro atoms. The summed E-state index contributed by atoms with van der Waals surface area (Å²) in [5, 5.41) is 13.4. The monoisotopic (exact) mass is 289 g/mol. The number of aromatic nitrogens is 1. The number of aliphatic hydroxyl groups excluding tert-OH is 1. The lowest BCUT2D eigenvalue weighted by molar-refractivity contribution is 0.0638. The number of nitrogens with zero attached hydrogens (tertiary/aromatic N) is 1. The van der Waals surface area contributed by atoms with Crippen molar-refractivity contribution < 1.29 is 9.84 Å². The standard InChI is InChI=1S/C16H19NO2S/c1-16(2,3)15-17-11(9-20-15)14-8-12(18)10-6-4-5-7-13(10)19-14/h4-7,9,12,14,18H,8H2,1-3H3/t12-,14?/m1/s1. The Hall–Kier alpha value is -1.39. The fraction of sp³-hybridized carbons (Fsp3) is 0.438. The van der Waals surface area contributed by atoms with Crippen LogP contribution in [0, 0.1) is 0 Å². The Morgan fingerprint density at radius 1 is 1.30 bits per heavy atom. The van der Waals surface area contributed by atoms with E-state index in [1.807, 2.05) is 29.6 Å². The lowest BCUT2D eigenvalue weighted by atomic mass is 9.97. The Morgan fingerprint density at radius 3 is 2.75 bits per heavy atom. The molecule has 3 nitrogen and oxygen atoms in total. The smallest absolute Gasteiger partial charge is 0.144 e. The second kappa shape index (κ2) is 4.86. The van der Waals surface area contributed by atoms with Crippen LogP contribution >= 0.6 is 11.3 Å². The zero-order valence-corrected chi connectivity index (χ0v) is 12.8. The van der Waals surface area contributed by atoms with E-state index in [1.54, 1.807) is 11.3 Å². The Bertz CT molecular complexity index is 615. The molecule has 4 heteroatoms. The minimum atomic E-state index is -0.482. The summed E-state index contributed by atoms with van der Waals surface area (Å²) in [7, 11) is 0. The summed E-state index contributed by atoms with van der Waals surface area (Å²) in [6, 6.07) is 7.67.